The van der Waals surface area contributed by atoms with Crippen LogP contribution in [0.1, 0.15) is 40.1 Å². The average molecular weight is 408 g/mol. The van der Waals surface area contributed by atoms with E-state index < -0.39 is 18.1 Å². The number of aryl methyl sites for hydroxylation is 1. The molecule has 2 aromatic carbocycles. The van der Waals surface area contributed by atoms with Crippen molar-refractivity contribution < 1.29 is 19.4 Å². The number of nitrogens with one attached hydrogen (secondary N) is 1. The number of aliphatic carboxylic acids is 1. The molecule has 1 aromatic heterocycles. The summed E-state index contributed by atoms with van der Waals surface area (Å²) in [7, 11) is 0. The lowest BCUT2D eigenvalue weighted by atomic mass is 9.98. The van der Waals surface area contributed by atoms with Gasteiger partial charge in [-0.15, -0.1) is 11.3 Å². The summed E-state index contributed by atoms with van der Waals surface area (Å²) in [5.74, 6) is -1.04. The molecule has 0 unspecified atom stereocenters. The number of thiazole rings is 1. The fourth-order valence-corrected chi connectivity index (χ4v) is 4.67. The Labute approximate surface area is 172 Å². The predicted octanol–water partition coefficient (Wildman–Crippen LogP) is 4.51. The lowest BCUT2D eigenvalue weighted by molar-refractivity contribution is -0.137. The van der Waals surface area contributed by atoms with Gasteiger partial charge in [0.05, 0.1) is 28.5 Å². The number of rotatable bonds is 6. The van der Waals surface area contributed by atoms with Crippen molar-refractivity contribution in [2.24, 2.45) is 0 Å². The minimum atomic E-state index is -0.998. The zero-order valence-electron chi connectivity index (χ0n) is 15.8. The molecule has 1 aliphatic rings. The number of amides is 1. The van der Waals surface area contributed by atoms with E-state index in [1.54, 1.807) is 12.4 Å². The predicted molar refractivity (Wildman–Crippen MR) is 110 cm³/mol. The van der Waals surface area contributed by atoms with E-state index in [9.17, 15) is 14.7 Å². The second-order valence-corrected chi connectivity index (χ2v) is 7.81. The number of carboxylic acid groups (broad SMARTS) is 1. The molecule has 4 rings (SSSR count). The van der Waals surface area contributed by atoms with Gasteiger partial charge < -0.3 is 15.2 Å². The summed E-state index contributed by atoms with van der Waals surface area (Å²) in [6, 6.07) is 15.5. The topological polar surface area (TPSA) is 88.5 Å². The zero-order valence-corrected chi connectivity index (χ0v) is 16.6. The Morgan fingerprint density at radius 1 is 1.14 bits per heavy atom. The van der Waals surface area contributed by atoms with Gasteiger partial charge in [0.15, 0.2) is 0 Å². The van der Waals surface area contributed by atoms with E-state index in [1.165, 1.54) is 11.3 Å². The van der Waals surface area contributed by atoms with Crippen LogP contribution in [0, 0.1) is 6.92 Å². The molecule has 1 aliphatic carbocycles. The molecule has 0 radical (unpaired) electrons. The first-order valence-corrected chi connectivity index (χ1v) is 10.2. The van der Waals surface area contributed by atoms with Crippen molar-refractivity contribution in [2.45, 2.75) is 25.3 Å². The minimum absolute atomic E-state index is 0.0452. The van der Waals surface area contributed by atoms with Crippen LogP contribution in [0.4, 0.5) is 4.79 Å². The van der Waals surface area contributed by atoms with Crippen LogP contribution in [-0.2, 0) is 9.53 Å². The summed E-state index contributed by atoms with van der Waals surface area (Å²) in [5.41, 5.74) is 6.91. The minimum Gasteiger partial charge on any atom is -0.481 e. The summed E-state index contributed by atoms with van der Waals surface area (Å²) in [4.78, 5) is 28.6. The molecule has 2 N–H and O–H groups in total. The smallest absolute Gasteiger partial charge is 0.407 e. The van der Waals surface area contributed by atoms with Gasteiger partial charge in [-0.2, -0.15) is 0 Å². The second kappa shape index (κ2) is 8.05. The molecule has 29 heavy (non-hydrogen) atoms. The number of hydrogen-bond acceptors (Lipinski definition) is 5. The van der Waals surface area contributed by atoms with Crippen LogP contribution >= 0.6 is 11.3 Å². The van der Waals surface area contributed by atoms with Crippen LogP contribution in [0.15, 0.2) is 54.0 Å². The first kappa shape index (κ1) is 19.1. The molecule has 0 saturated carbocycles. The van der Waals surface area contributed by atoms with Crippen LogP contribution < -0.4 is 5.32 Å². The maximum atomic E-state index is 12.5. The molecular formula is C22H20N2O4S. The number of nitrogens with zero attached hydrogens (tertiary/aromatic N) is 1. The third-order valence-electron chi connectivity index (χ3n) is 5.11. The number of ether oxygens (including phenoxy) is 1. The van der Waals surface area contributed by atoms with Crippen molar-refractivity contribution in [1.29, 1.82) is 0 Å². The third kappa shape index (κ3) is 3.86. The van der Waals surface area contributed by atoms with Crippen molar-refractivity contribution >= 4 is 23.4 Å². The summed E-state index contributed by atoms with van der Waals surface area (Å²) in [5, 5.41) is 11.9. The number of carbonyl (C=O) groups excluding carboxylic acids is 1. The largest absolute Gasteiger partial charge is 0.481 e. The van der Waals surface area contributed by atoms with Gasteiger partial charge in [0.1, 0.15) is 6.61 Å². The highest BCUT2D eigenvalue weighted by molar-refractivity contribution is 7.09. The highest BCUT2D eigenvalue weighted by Crippen LogP contribution is 2.44. The summed E-state index contributed by atoms with van der Waals surface area (Å²) in [6.45, 7) is 1.97. The molecule has 0 spiro atoms. The normalized spacial score (nSPS) is 13.4. The van der Waals surface area contributed by atoms with E-state index >= 15 is 0 Å². The molecule has 0 fully saturated rings. The number of benzene rings is 2. The van der Waals surface area contributed by atoms with E-state index in [4.69, 9.17) is 4.74 Å². The van der Waals surface area contributed by atoms with Gasteiger partial charge in [0, 0.05) is 5.92 Å². The van der Waals surface area contributed by atoms with Gasteiger partial charge in [-0.1, -0.05) is 48.5 Å². The summed E-state index contributed by atoms with van der Waals surface area (Å²) < 4.78 is 5.53. The quantitative estimate of drug-likeness (QED) is 0.627. The van der Waals surface area contributed by atoms with Crippen LogP contribution in [0.5, 0.6) is 0 Å². The van der Waals surface area contributed by atoms with Crippen LogP contribution in [0.2, 0.25) is 0 Å². The second-order valence-electron chi connectivity index (χ2n) is 6.92. The molecule has 1 amide bonds. The SMILES string of the molecule is Cc1ncsc1[C@H](CC(=O)O)NC(=O)OCC1c2ccccc2-c2ccccc21. The van der Waals surface area contributed by atoms with Gasteiger partial charge in [0.2, 0.25) is 0 Å². The highest BCUT2D eigenvalue weighted by Gasteiger charge is 2.29. The Bertz CT molecular complexity index is 1020. The summed E-state index contributed by atoms with van der Waals surface area (Å²) in [6.07, 6.45) is -0.862. The Balaban J connectivity index is 1.48. The number of alkyl carbamates (subject to hydrolysis) is 1. The zero-order chi connectivity index (χ0) is 20.4. The van der Waals surface area contributed by atoms with E-state index in [2.05, 4.69) is 34.6 Å². The molecule has 1 heterocycles. The molecule has 1 atom stereocenters. The Hall–Kier alpha value is -3.19. The first-order chi connectivity index (χ1) is 14.0. The molecule has 0 bridgehead atoms. The monoisotopic (exact) mass is 408 g/mol. The fraction of sp³-hybridized carbons (Fsp3) is 0.227. The van der Waals surface area contributed by atoms with E-state index in [-0.39, 0.29) is 18.9 Å². The van der Waals surface area contributed by atoms with Gasteiger partial charge in [-0.25, -0.2) is 9.78 Å². The maximum absolute atomic E-state index is 12.5. The van der Waals surface area contributed by atoms with Crippen molar-refractivity contribution in [3.63, 3.8) is 0 Å². The number of aromatic nitrogens is 1. The molecule has 148 valence electrons. The van der Waals surface area contributed by atoms with Crippen molar-refractivity contribution in [3.8, 4) is 11.1 Å². The van der Waals surface area contributed by atoms with E-state index in [1.807, 2.05) is 24.3 Å². The Morgan fingerprint density at radius 2 is 1.76 bits per heavy atom. The number of carboxylic acids is 1. The third-order valence-corrected chi connectivity index (χ3v) is 6.16. The van der Waals surface area contributed by atoms with Gasteiger partial charge in [-0.3, -0.25) is 4.79 Å². The molecular weight excluding hydrogens is 388 g/mol. The van der Waals surface area contributed by atoms with E-state index in [0.717, 1.165) is 27.1 Å². The van der Waals surface area contributed by atoms with Gasteiger partial charge in [-0.05, 0) is 29.2 Å². The molecule has 0 saturated heterocycles. The van der Waals surface area contributed by atoms with Gasteiger partial charge >= 0.3 is 12.1 Å². The first-order valence-electron chi connectivity index (χ1n) is 9.28. The number of fused-ring (bicyclic) bond motifs is 3. The van der Waals surface area contributed by atoms with Crippen LogP contribution in [0.25, 0.3) is 11.1 Å². The highest BCUT2D eigenvalue weighted by atomic mass is 32.1. The van der Waals surface area contributed by atoms with E-state index in [0.29, 0.717) is 5.69 Å². The summed E-state index contributed by atoms with van der Waals surface area (Å²) >= 11 is 1.32. The average Bonchev–Trinajstić information content (AvgIpc) is 3.27. The van der Waals surface area contributed by atoms with Gasteiger partial charge in [0.25, 0.3) is 0 Å². The standard InChI is InChI=1S/C22H20N2O4S/c1-13-21(29-12-23-13)19(10-20(25)26)24-22(27)28-11-18-16-8-4-2-6-14(16)15-7-3-5-9-17(15)18/h2-9,12,18-19H,10-11H2,1H3,(H,24,27)(H,25,26)/t19-/m0/s1. The lowest BCUT2D eigenvalue weighted by Crippen LogP contribution is -2.31. The van der Waals surface area contributed by atoms with Crippen LogP contribution in [-0.4, -0.2) is 28.8 Å². The lowest BCUT2D eigenvalue weighted by Gasteiger charge is -2.18. The molecule has 6 nitrogen and oxygen atoms in total. The van der Waals surface area contributed by atoms with Crippen molar-refractivity contribution in [2.75, 3.05) is 6.61 Å². The number of hydrogen-bond donors (Lipinski definition) is 2. The fourth-order valence-electron chi connectivity index (χ4n) is 3.81. The van der Waals surface area contributed by atoms with Crippen LogP contribution in [0.3, 0.4) is 0 Å². The number of carbonyl (C=O) groups is 2. The Kier molecular flexibility index (Phi) is 5.31. The molecule has 3 aromatic rings. The van der Waals surface area contributed by atoms with Crippen molar-refractivity contribution in [1.82, 2.24) is 10.3 Å². The molecule has 7 heteroatoms. The molecule has 0 aliphatic heterocycles. The Morgan fingerprint density at radius 3 is 2.31 bits per heavy atom. The van der Waals surface area contributed by atoms with Crippen molar-refractivity contribution in [3.05, 3.63) is 75.7 Å². The maximum Gasteiger partial charge on any atom is 0.407 e.